The molecule has 0 radical (unpaired) electrons. The molecule has 0 saturated heterocycles. The highest BCUT2D eigenvalue weighted by Gasteiger charge is 2.11. The van der Waals surface area contributed by atoms with Crippen LogP contribution in [0.2, 0.25) is 0 Å². The van der Waals surface area contributed by atoms with E-state index in [4.69, 9.17) is 10.3 Å². The fraction of sp³-hybridized carbons (Fsp3) is 0.125. The van der Waals surface area contributed by atoms with Crippen LogP contribution < -0.4 is 5.73 Å². The van der Waals surface area contributed by atoms with Gasteiger partial charge in [-0.1, -0.05) is 29.4 Å². The maximum Gasteiger partial charge on any atom is 0.258 e. The molecule has 0 amide bonds. The van der Waals surface area contributed by atoms with Crippen molar-refractivity contribution >= 4 is 5.69 Å². The summed E-state index contributed by atoms with van der Waals surface area (Å²) < 4.78 is 18.4. The van der Waals surface area contributed by atoms with Crippen LogP contribution in [0.3, 0.4) is 0 Å². The summed E-state index contributed by atoms with van der Waals surface area (Å²) in [5, 5.41) is 3.96. The Morgan fingerprint density at radius 1 is 1.19 bits per heavy atom. The molecule has 2 N–H and O–H groups in total. The van der Waals surface area contributed by atoms with Crippen LogP contribution in [-0.2, 0) is 6.42 Å². The maximum atomic E-state index is 13.2. The molecule has 3 rings (SSSR count). The Morgan fingerprint density at radius 3 is 2.76 bits per heavy atom. The highest BCUT2D eigenvalue weighted by atomic mass is 19.1. The minimum atomic E-state index is -0.460. The van der Waals surface area contributed by atoms with E-state index in [0.717, 1.165) is 5.56 Å². The molecule has 1 heterocycles. The van der Waals surface area contributed by atoms with Gasteiger partial charge < -0.3 is 10.3 Å². The van der Waals surface area contributed by atoms with Crippen molar-refractivity contribution in [2.24, 2.45) is 0 Å². The topological polar surface area (TPSA) is 64.9 Å². The smallest absolute Gasteiger partial charge is 0.258 e. The molecule has 0 bridgehead atoms. The molecule has 0 fully saturated rings. The second-order valence-corrected chi connectivity index (χ2v) is 4.86. The van der Waals surface area contributed by atoms with Crippen LogP contribution in [0.4, 0.5) is 10.1 Å². The molecule has 0 unspecified atom stereocenters. The molecule has 4 nitrogen and oxygen atoms in total. The first-order valence-electron chi connectivity index (χ1n) is 6.56. The molecular formula is C16H14FN3O. The number of hydrogen-bond acceptors (Lipinski definition) is 4. The van der Waals surface area contributed by atoms with Gasteiger partial charge >= 0.3 is 0 Å². The fourth-order valence-corrected chi connectivity index (χ4v) is 2.10. The average Bonchev–Trinajstić information content (AvgIpc) is 2.93. The summed E-state index contributed by atoms with van der Waals surface area (Å²) in [6, 6.07) is 12.4. The van der Waals surface area contributed by atoms with E-state index >= 15 is 0 Å². The first kappa shape index (κ1) is 13.3. The number of halogens is 1. The number of rotatable bonds is 3. The molecule has 0 aliphatic rings. The first-order valence-corrected chi connectivity index (χ1v) is 6.56. The number of benzene rings is 2. The van der Waals surface area contributed by atoms with Crippen LogP contribution in [-0.4, -0.2) is 10.1 Å². The van der Waals surface area contributed by atoms with Crippen LogP contribution in [0.15, 0.2) is 47.0 Å². The molecular weight excluding hydrogens is 269 g/mol. The average molecular weight is 283 g/mol. The zero-order valence-electron chi connectivity index (χ0n) is 11.5. The Morgan fingerprint density at radius 2 is 2.00 bits per heavy atom. The molecule has 0 aliphatic carbocycles. The lowest BCUT2D eigenvalue weighted by molar-refractivity contribution is 0.424. The highest BCUT2D eigenvalue weighted by Crippen LogP contribution is 2.22. The van der Waals surface area contributed by atoms with Crippen LogP contribution in [0.5, 0.6) is 0 Å². The number of aromatic nitrogens is 2. The van der Waals surface area contributed by atoms with E-state index in [1.165, 1.54) is 17.7 Å². The lowest BCUT2D eigenvalue weighted by Gasteiger charge is -2.01. The van der Waals surface area contributed by atoms with E-state index in [1.54, 1.807) is 6.07 Å². The predicted molar refractivity (Wildman–Crippen MR) is 78.1 cm³/mol. The van der Waals surface area contributed by atoms with E-state index in [2.05, 4.69) is 10.1 Å². The zero-order chi connectivity index (χ0) is 14.8. The molecule has 21 heavy (non-hydrogen) atoms. The summed E-state index contributed by atoms with van der Waals surface area (Å²) >= 11 is 0. The molecule has 3 aromatic rings. The standard InChI is InChI=1S/C16H14FN3O/c1-10-4-2-3-5-11(10)9-15-19-16(21-20-15)12-6-7-13(17)14(18)8-12/h2-8H,9,18H2,1H3. The van der Waals surface area contributed by atoms with E-state index in [0.29, 0.717) is 23.7 Å². The summed E-state index contributed by atoms with van der Waals surface area (Å²) in [5.74, 6) is 0.464. The van der Waals surface area contributed by atoms with Gasteiger partial charge in [-0.25, -0.2) is 4.39 Å². The normalized spacial score (nSPS) is 10.8. The summed E-state index contributed by atoms with van der Waals surface area (Å²) in [6.45, 7) is 2.04. The van der Waals surface area contributed by atoms with Crippen molar-refractivity contribution in [3.8, 4) is 11.5 Å². The summed E-state index contributed by atoms with van der Waals surface area (Å²) in [5.41, 5.74) is 8.53. The van der Waals surface area contributed by atoms with Crippen molar-refractivity contribution < 1.29 is 8.91 Å². The molecule has 106 valence electrons. The molecule has 0 spiro atoms. The Bertz CT molecular complexity index is 783. The van der Waals surface area contributed by atoms with Gasteiger partial charge in [0, 0.05) is 12.0 Å². The molecule has 0 atom stereocenters. The van der Waals surface area contributed by atoms with Crippen LogP contribution >= 0.6 is 0 Å². The van der Waals surface area contributed by atoms with Crippen LogP contribution in [0.1, 0.15) is 17.0 Å². The minimum absolute atomic E-state index is 0.0613. The number of aryl methyl sites for hydroxylation is 1. The third-order valence-electron chi connectivity index (χ3n) is 3.32. The third kappa shape index (κ3) is 2.76. The highest BCUT2D eigenvalue weighted by molar-refractivity contribution is 5.60. The van der Waals surface area contributed by atoms with Crippen molar-refractivity contribution in [1.82, 2.24) is 10.1 Å². The van der Waals surface area contributed by atoms with E-state index < -0.39 is 5.82 Å². The Hall–Kier alpha value is -2.69. The van der Waals surface area contributed by atoms with Crippen molar-refractivity contribution in [2.75, 3.05) is 5.73 Å². The van der Waals surface area contributed by atoms with Crippen molar-refractivity contribution in [3.63, 3.8) is 0 Å². The quantitative estimate of drug-likeness (QED) is 0.748. The number of hydrogen-bond donors (Lipinski definition) is 1. The van der Waals surface area contributed by atoms with Crippen molar-refractivity contribution in [1.29, 1.82) is 0 Å². The van der Waals surface area contributed by atoms with Crippen LogP contribution in [0.25, 0.3) is 11.5 Å². The predicted octanol–water partition coefficient (Wildman–Crippen LogP) is 3.36. The summed E-state index contributed by atoms with van der Waals surface area (Å²) in [7, 11) is 0. The lowest BCUT2D eigenvalue weighted by atomic mass is 10.1. The zero-order valence-corrected chi connectivity index (χ0v) is 11.5. The molecule has 2 aromatic carbocycles. The van der Waals surface area contributed by atoms with Crippen LogP contribution in [0, 0.1) is 12.7 Å². The van der Waals surface area contributed by atoms with Gasteiger partial charge in [0.2, 0.25) is 0 Å². The molecule has 0 saturated carbocycles. The second-order valence-electron chi connectivity index (χ2n) is 4.86. The van der Waals surface area contributed by atoms with Gasteiger partial charge in [0.1, 0.15) is 5.82 Å². The summed E-state index contributed by atoms with van der Waals surface area (Å²) in [6.07, 6.45) is 0.590. The Balaban J connectivity index is 1.86. The lowest BCUT2D eigenvalue weighted by Crippen LogP contribution is -1.94. The first-order chi connectivity index (χ1) is 10.1. The van der Waals surface area contributed by atoms with Gasteiger partial charge in [0.05, 0.1) is 5.69 Å². The Labute approximate surface area is 121 Å². The van der Waals surface area contributed by atoms with Gasteiger partial charge in [0.25, 0.3) is 5.89 Å². The van der Waals surface area contributed by atoms with E-state index in [1.807, 2.05) is 31.2 Å². The minimum Gasteiger partial charge on any atom is -0.396 e. The second kappa shape index (κ2) is 5.36. The molecule has 1 aromatic heterocycles. The molecule has 0 aliphatic heterocycles. The number of anilines is 1. The van der Waals surface area contributed by atoms with Gasteiger partial charge in [-0.05, 0) is 36.2 Å². The van der Waals surface area contributed by atoms with Gasteiger partial charge in [0.15, 0.2) is 5.82 Å². The number of nitrogens with zero attached hydrogens (tertiary/aromatic N) is 2. The maximum absolute atomic E-state index is 13.2. The summed E-state index contributed by atoms with van der Waals surface area (Å²) in [4.78, 5) is 4.33. The monoisotopic (exact) mass is 283 g/mol. The van der Waals surface area contributed by atoms with Gasteiger partial charge in [-0.15, -0.1) is 0 Å². The third-order valence-corrected chi connectivity index (χ3v) is 3.32. The molecule has 5 heteroatoms. The Kier molecular flexibility index (Phi) is 3.39. The van der Waals surface area contributed by atoms with E-state index in [-0.39, 0.29) is 5.69 Å². The number of nitrogen functional groups attached to an aromatic ring is 1. The largest absolute Gasteiger partial charge is 0.396 e. The number of nitrogens with two attached hydrogens (primary N) is 1. The van der Waals surface area contributed by atoms with E-state index in [9.17, 15) is 4.39 Å². The van der Waals surface area contributed by atoms with Gasteiger partial charge in [-0.2, -0.15) is 4.98 Å². The SMILES string of the molecule is Cc1ccccc1Cc1noc(-c2ccc(F)c(N)c2)n1. The van der Waals surface area contributed by atoms with Crippen molar-refractivity contribution in [3.05, 3.63) is 65.2 Å². The van der Waals surface area contributed by atoms with Gasteiger partial charge in [-0.3, -0.25) is 0 Å². The fourth-order valence-electron chi connectivity index (χ4n) is 2.10. The van der Waals surface area contributed by atoms with Crippen molar-refractivity contribution in [2.45, 2.75) is 13.3 Å².